The third-order valence-electron chi connectivity index (χ3n) is 6.74. The molecule has 39 heavy (non-hydrogen) atoms. The lowest BCUT2D eigenvalue weighted by molar-refractivity contribution is -0.171. The number of ether oxygens (including phenoxy) is 3. The first-order chi connectivity index (χ1) is 18.8. The SMILES string of the molecule is CC1(C)Oc2ccc(NCc3cccc(Cl)c3)cc2C(OCc2ccccc2)C1OCc1ccc(Br)cc1F. The average molecular weight is 611 g/mol. The fourth-order valence-electron chi connectivity index (χ4n) is 4.74. The maximum atomic E-state index is 14.6. The van der Waals surface area contributed by atoms with E-state index < -0.39 is 17.8 Å². The molecule has 0 saturated carbocycles. The first kappa shape index (κ1) is 27.7. The van der Waals surface area contributed by atoms with Gasteiger partial charge < -0.3 is 19.5 Å². The Hall–Kier alpha value is -2.90. The van der Waals surface area contributed by atoms with E-state index in [9.17, 15) is 4.39 Å². The molecule has 0 amide bonds. The van der Waals surface area contributed by atoms with Crippen molar-refractivity contribution in [3.8, 4) is 5.75 Å². The lowest BCUT2D eigenvalue weighted by Gasteiger charge is -2.44. The Morgan fingerprint density at radius 2 is 1.69 bits per heavy atom. The van der Waals surface area contributed by atoms with E-state index in [1.54, 1.807) is 12.1 Å². The number of halogens is 3. The number of hydrogen-bond acceptors (Lipinski definition) is 4. The topological polar surface area (TPSA) is 39.7 Å². The summed E-state index contributed by atoms with van der Waals surface area (Å²) in [6.45, 7) is 5.05. The zero-order valence-corrected chi connectivity index (χ0v) is 24.1. The fourth-order valence-corrected chi connectivity index (χ4v) is 5.28. The number of anilines is 1. The molecule has 202 valence electrons. The molecule has 2 atom stereocenters. The van der Waals surface area contributed by atoms with Crippen molar-refractivity contribution in [3.05, 3.63) is 129 Å². The molecule has 7 heteroatoms. The van der Waals surface area contributed by atoms with E-state index in [0.717, 1.165) is 28.1 Å². The minimum Gasteiger partial charge on any atom is -0.485 e. The third kappa shape index (κ3) is 6.82. The van der Waals surface area contributed by atoms with E-state index in [-0.39, 0.29) is 12.4 Å². The van der Waals surface area contributed by atoms with Gasteiger partial charge in [-0.05, 0) is 67.4 Å². The van der Waals surface area contributed by atoms with Crippen molar-refractivity contribution in [3.63, 3.8) is 0 Å². The van der Waals surface area contributed by atoms with E-state index in [4.69, 9.17) is 25.8 Å². The number of fused-ring (bicyclic) bond motifs is 1. The second-order valence-corrected chi connectivity index (χ2v) is 11.5. The zero-order chi connectivity index (χ0) is 27.4. The molecule has 1 heterocycles. The molecule has 0 spiro atoms. The summed E-state index contributed by atoms with van der Waals surface area (Å²) in [5, 5.41) is 4.18. The highest BCUT2D eigenvalue weighted by Crippen LogP contribution is 2.45. The van der Waals surface area contributed by atoms with Crippen LogP contribution in [-0.2, 0) is 29.2 Å². The average Bonchev–Trinajstić information content (AvgIpc) is 2.91. The maximum Gasteiger partial charge on any atom is 0.132 e. The van der Waals surface area contributed by atoms with E-state index in [2.05, 4.69) is 21.2 Å². The quantitative estimate of drug-likeness (QED) is 0.205. The van der Waals surface area contributed by atoms with Crippen molar-refractivity contribution >= 4 is 33.2 Å². The standard InChI is InChI=1S/C32H30BrClFNO3/c1-32(2)31(38-20-23-11-12-24(33)16-28(23)35)30(37-19-21-7-4-3-5-8-21)27-17-26(13-14-29(27)39-32)36-18-22-9-6-10-25(34)15-22/h3-17,30-31,36H,18-20H2,1-2H3. The highest BCUT2D eigenvalue weighted by Gasteiger charge is 2.46. The monoisotopic (exact) mass is 609 g/mol. The molecule has 4 aromatic carbocycles. The van der Waals surface area contributed by atoms with Crippen LogP contribution in [0.25, 0.3) is 0 Å². The third-order valence-corrected chi connectivity index (χ3v) is 7.47. The largest absolute Gasteiger partial charge is 0.485 e. The van der Waals surface area contributed by atoms with Crippen LogP contribution in [0.15, 0.2) is 95.5 Å². The Morgan fingerprint density at radius 1 is 0.897 bits per heavy atom. The molecule has 4 nitrogen and oxygen atoms in total. The number of hydrogen-bond donors (Lipinski definition) is 1. The van der Waals surface area contributed by atoms with Crippen LogP contribution >= 0.6 is 27.5 Å². The summed E-state index contributed by atoms with van der Waals surface area (Å²) in [6.07, 6.45) is -0.949. The van der Waals surface area contributed by atoms with Crippen LogP contribution in [0, 0.1) is 5.82 Å². The first-order valence-corrected chi connectivity index (χ1v) is 14.0. The van der Waals surface area contributed by atoms with Gasteiger partial charge in [0.2, 0.25) is 0 Å². The Morgan fingerprint density at radius 3 is 2.46 bits per heavy atom. The normalized spacial score (nSPS) is 17.8. The highest BCUT2D eigenvalue weighted by molar-refractivity contribution is 9.10. The van der Waals surface area contributed by atoms with Crippen molar-refractivity contribution in [2.75, 3.05) is 5.32 Å². The summed E-state index contributed by atoms with van der Waals surface area (Å²) in [4.78, 5) is 0. The second kappa shape index (κ2) is 12.1. The number of benzene rings is 4. The van der Waals surface area contributed by atoms with Crippen LogP contribution in [0.1, 0.15) is 42.2 Å². The maximum absolute atomic E-state index is 14.6. The van der Waals surface area contributed by atoms with E-state index >= 15 is 0 Å². The van der Waals surface area contributed by atoms with Crippen LogP contribution < -0.4 is 10.1 Å². The molecule has 1 N–H and O–H groups in total. The van der Waals surface area contributed by atoms with Gasteiger partial charge in [-0.15, -0.1) is 0 Å². The molecule has 0 aromatic heterocycles. The van der Waals surface area contributed by atoms with E-state index in [1.807, 2.05) is 86.6 Å². The molecule has 5 rings (SSSR count). The van der Waals surface area contributed by atoms with Gasteiger partial charge in [0, 0.05) is 32.9 Å². The molecule has 0 saturated heterocycles. The molecular formula is C32H30BrClFNO3. The first-order valence-electron chi connectivity index (χ1n) is 12.8. The van der Waals surface area contributed by atoms with Crippen molar-refractivity contribution in [1.82, 2.24) is 0 Å². The van der Waals surface area contributed by atoms with Crippen molar-refractivity contribution in [2.45, 2.75) is 51.4 Å². The van der Waals surface area contributed by atoms with Gasteiger partial charge in [0.15, 0.2) is 0 Å². The minimum atomic E-state index is -0.726. The van der Waals surface area contributed by atoms with Gasteiger partial charge in [-0.3, -0.25) is 0 Å². The molecule has 0 bridgehead atoms. The molecule has 1 aliphatic heterocycles. The molecular weight excluding hydrogens is 581 g/mol. The summed E-state index contributed by atoms with van der Waals surface area (Å²) in [5.41, 5.74) is 3.67. The fraction of sp³-hybridized carbons (Fsp3) is 0.250. The van der Waals surface area contributed by atoms with Crippen LogP contribution in [0.5, 0.6) is 5.75 Å². The molecule has 4 aromatic rings. The second-order valence-electron chi connectivity index (χ2n) is 10.1. The van der Waals surface area contributed by atoms with Crippen molar-refractivity contribution in [2.24, 2.45) is 0 Å². The summed E-state index contributed by atoms with van der Waals surface area (Å²) < 4.78 is 34.7. The Kier molecular flexibility index (Phi) is 8.57. The summed E-state index contributed by atoms with van der Waals surface area (Å²) in [5.74, 6) is 0.412. The van der Waals surface area contributed by atoms with Crippen LogP contribution in [-0.4, -0.2) is 11.7 Å². The van der Waals surface area contributed by atoms with Crippen molar-refractivity contribution in [1.29, 1.82) is 0 Å². The predicted octanol–water partition coefficient (Wildman–Crippen LogP) is 8.87. The zero-order valence-electron chi connectivity index (χ0n) is 21.8. The van der Waals surface area contributed by atoms with E-state index in [1.165, 1.54) is 6.07 Å². The molecule has 2 unspecified atom stereocenters. The smallest absolute Gasteiger partial charge is 0.132 e. The Balaban J connectivity index is 1.43. The molecule has 0 aliphatic carbocycles. The lowest BCUT2D eigenvalue weighted by Crippen LogP contribution is -2.51. The van der Waals surface area contributed by atoms with Gasteiger partial charge >= 0.3 is 0 Å². The Labute approximate surface area is 242 Å². The molecule has 1 aliphatic rings. The number of nitrogens with one attached hydrogen (secondary N) is 1. The van der Waals surface area contributed by atoms with Gasteiger partial charge in [-0.2, -0.15) is 0 Å². The molecule has 0 fully saturated rings. The highest BCUT2D eigenvalue weighted by atomic mass is 79.9. The van der Waals surface area contributed by atoms with Gasteiger partial charge in [-0.25, -0.2) is 4.39 Å². The van der Waals surface area contributed by atoms with Gasteiger partial charge in [-0.1, -0.05) is 76.1 Å². The van der Waals surface area contributed by atoms with Crippen LogP contribution in [0.4, 0.5) is 10.1 Å². The van der Waals surface area contributed by atoms with Gasteiger partial charge in [0.1, 0.15) is 29.4 Å². The summed E-state index contributed by atoms with van der Waals surface area (Å²) in [6, 6.07) is 28.7. The van der Waals surface area contributed by atoms with Gasteiger partial charge in [0.25, 0.3) is 0 Å². The summed E-state index contributed by atoms with van der Waals surface area (Å²) in [7, 11) is 0. The van der Waals surface area contributed by atoms with E-state index in [0.29, 0.717) is 28.2 Å². The van der Waals surface area contributed by atoms with Crippen molar-refractivity contribution < 1.29 is 18.6 Å². The minimum absolute atomic E-state index is 0.0871. The van der Waals surface area contributed by atoms with Crippen LogP contribution in [0.2, 0.25) is 5.02 Å². The Bertz CT molecular complexity index is 1430. The predicted molar refractivity (Wildman–Crippen MR) is 157 cm³/mol. The summed E-state index contributed by atoms with van der Waals surface area (Å²) >= 11 is 9.48. The van der Waals surface area contributed by atoms with Crippen LogP contribution in [0.3, 0.4) is 0 Å². The number of rotatable bonds is 9. The van der Waals surface area contributed by atoms with Gasteiger partial charge in [0.05, 0.1) is 13.2 Å². The lowest BCUT2D eigenvalue weighted by atomic mass is 9.87. The molecule has 0 radical (unpaired) electrons.